The fraction of sp³-hybridized carbons (Fsp3) is 0.407. The minimum atomic E-state index is -0.134. The summed E-state index contributed by atoms with van der Waals surface area (Å²) in [5.41, 5.74) is 8.10. The predicted octanol–water partition coefficient (Wildman–Crippen LogP) is 4.90. The van der Waals surface area contributed by atoms with Gasteiger partial charge in [-0.15, -0.1) is 0 Å². The van der Waals surface area contributed by atoms with Gasteiger partial charge < -0.3 is 19.4 Å². The smallest absolute Gasteiger partial charge is 0.119 e. The molecule has 0 bridgehead atoms. The van der Waals surface area contributed by atoms with E-state index >= 15 is 0 Å². The van der Waals surface area contributed by atoms with Crippen molar-refractivity contribution in [2.75, 3.05) is 20.8 Å². The highest BCUT2D eigenvalue weighted by Gasteiger charge is 2.53. The van der Waals surface area contributed by atoms with Crippen LogP contribution in [0.4, 0.5) is 0 Å². The normalized spacial score (nSPS) is 27.1. The molecule has 2 aromatic carbocycles. The molecule has 32 heavy (non-hydrogen) atoms. The Morgan fingerprint density at radius 1 is 1.00 bits per heavy atom. The van der Waals surface area contributed by atoms with Gasteiger partial charge in [-0.2, -0.15) is 0 Å². The summed E-state index contributed by atoms with van der Waals surface area (Å²) in [5.74, 6) is 0.916. The molecule has 1 saturated heterocycles. The number of benzene rings is 2. The Morgan fingerprint density at radius 3 is 2.75 bits per heavy atom. The molecule has 1 aliphatic carbocycles. The first kappa shape index (κ1) is 18.8. The average molecular weight is 428 g/mol. The van der Waals surface area contributed by atoms with Crippen LogP contribution in [0.3, 0.4) is 0 Å². The molecule has 2 N–H and O–H groups in total. The second kappa shape index (κ2) is 6.63. The molecule has 0 saturated carbocycles. The van der Waals surface area contributed by atoms with Gasteiger partial charge in [0.05, 0.1) is 18.8 Å². The molecule has 164 valence electrons. The molecule has 4 heterocycles. The average Bonchev–Trinajstić information content (AvgIpc) is 3.39. The Morgan fingerprint density at radius 2 is 1.88 bits per heavy atom. The Labute approximate surface area is 187 Å². The lowest BCUT2D eigenvalue weighted by Gasteiger charge is -2.56. The van der Waals surface area contributed by atoms with Crippen LogP contribution < -0.4 is 4.74 Å². The number of hydrogen-bond donors (Lipinski definition) is 2. The number of aromatic amines is 2. The molecule has 7 rings (SSSR count). The minimum absolute atomic E-state index is 0.134. The molecule has 0 unspecified atom stereocenters. The van der Waals surface area contributed by atoms with E-state index in [-0.39, 0.29) is 5.60 Å². The van der Waals surface area contributed by atoms with Crippen molar-refractivity contribution in [2.45, 2.75) is 49.8 Å². The quantitative estimate of drug-likeness (QED) is 0.478. The van der Waals surface area contributed by atoms with Crippen molar-refractivity contribution < 1.29 is 9.47 Å². The van der Waals surface area contributed by atoms with Crippen molar-refractivity contribution in [3.63, 3.8) is 0 Å². The summed E-state index contributed by atoms with van der Waals surface area (Å²) in [5, 5.41) is 2.69. The highest BCUT2D eigenvalue weighted by atomic mass is 16.5. The van der Waals surface area contributed by atoms with Gasteiger partial charge in [-0.25, -0.2) is 0 Å². The van der Waals surface area contributed by atoms with Crippen molar-refractivity contribution >= 4 is 21.8 Å². The lowest BCUT2D eigenvalue weighted by Crippen LogP contribution is -2.63. The summed E-state index contributed by atoms with van der Waals surface area (Å²) in [6.07, 6.45) is 5.28. The Balaban J connectivity index is 1.32. The van der Waals surface area contributed by atoms with Crippen molar-refractivity contribution in [1.82, 2.24) is 14.9 Å². The molecule has 0 spiro atoms. The van der Waals surface area contributed by atoms with Gasteiger partial charge in [0.15, 0.2) is 0 Å². The van der Waals surface area contributed by atoms with E-state index in [9.17, 15) is 0 Å². The topological polar surface area (TPSA) is 53.3 Å². The number of piperidine rings is 1. The summed E-state index contributed by atoms with van der Waals surface area (Å²) in [4.78, 5) is 10.3. The van der Waals surface area contributed by atoms with Gasteiger partial charge in [0.25, 0.3) is 0 Å². The number of nitrogens with zero attached hydrogens (tertiary/aromatic N) is 1. The van der Waals surface area contributed by atoms with Crippen LogP contribution in [-0.4, -0.2) is 47.3 Å². The number of aromatic nitrogens is 2. The number of hydrogen-bond acceptors (Lipinski definition) is 3. The third-order valence-electron chi connectivity index (χ3n) is 8.53. The van der Waals surface area contributed by atoms with E-state index < -0.39 is 0 Å². The lowest BCUT2D eigenvalue weighted by atomic mass is 9.70. The number of nitrogens with one attached hydrogen (secondary N) is 2. The van der Waals surface area contributed by atoms with Crippen LogP contribution in [0.1, 0.15) is 41.4 Å². The number of methoxy groups -OCH3 is 2. The minimum Gasteiger partial charge on any atom is -0.497 e. The maximum Gasteiger partial charge on any atom is 0.119 e. The van der Waals surface area contributed by atoms with E-state index in [1.807, 2.05) is 13.2 Å². The number of fused-ring (bicyclic) bond motifs is 10. The molecule has 5 heteroatoms. The highest BCUT2D eigenvalue weighted by Crippen LogP contribution is 2.50. The number of para-hydroxylation sites is 1. The van der Waals surface area contributed by atoms with Gasteiger partial charge in [-0.05, 0) is 54.7 Å². The van der Waals surface area contributed by atoms with Crippen molar-refractivity contribution in [3.05, 3.63) is 65.0 Å². The van der Waals surface area contributed by atoms with Crippen LogP contribution in [-0.2, 0) is 24.0 Å². The van der Waals surface area contributed by atoms with Gasteiger partial charge in [0.1, 0.15) is 5.75 Å². The van der Waals surface area contributed by atoms with Gasteiger partial charge in [-0.1, -0.05) is 18.2 Å². The van der Waals surface area contributed by atoms with Crippen LogP contribution >= 0.6 is 0 Å². The van der Waals surface area contributed by atoms with E-state index in [2.05, 4.69) is 51.3 Å². The first-order chi connectivity index (χ1) is 15.7. The van der Waals surface area contributed by atoms with Crippen LogP contribution in [0.2, 0.25) is 0 Å². The first-order valence-corrected chi connectivity index (χ1v) is 11.8. The van der Waals surface area contributed by atoms with E-state index in [4.69, 9.17) is 9.47 Å². The molecule has 3 atom stereocenters. The van der Waals surface area contributed by atoms with Gasteiger partial charge in [0, 0.05) is 65.7 Å². The fourth-order valence-corrected chi connectivity index (χ4v) is 6.97. The summed E-state index contributed by atoms with van der Waals surface area (Å²) in [6.45, 7) is 1.10. The summed E-state index contributed by atoms with van der Waals surface area (Å²) in [7, 11) is 3.66. The van der Waals surface area contributed by atoms with E-state index in [1.54, 1.807) is 7.11 Å². The van der Waals surface area contributed by atoms with Crippen molar-refractivity contribution in [2.24, 2.45) is 0 Å². The van der Waals surface area contributed by atoms with Crippen LogP contribution in [0, 0.1) is 0 Å². The monoisotopic (exact) mass is 427 g/mol. The maximum absolute atomic E-state index is 6.41. The van der Waals surface area contributed by atoms with Gasteiger partial charge in [0.2, 0.25) is 0 Å². The van der Waals surface area contributed by atoms with E-state index in [0.29, 0.717) is 12.1 Å². The predicted molar refractivity (Wildman–Crippen MR) is 126 cm³/mol. The zero-order valence-corrected chi connectivity index (χ0v) is 18.7. The molecule has 0 amide bonds. The molecule has 2 aromatic heterocycles. The molecule has 5 nitrogen and oxygen atoms in total. The molecule has 4 aromatic rings. The van der Waals surface area contributed by atoms with E-state index in [1.165, 1.54) is 44.3 Å². The third kappa shape index (κ3) is 2.41. The zero-order valence-electron chi connectivity index (χ0n) is 18.7. The Kier molecular flexibility index (Phi) is 3.89. The van der Waals surface area contributed by atoms with Gasteiger partial charge >= 0.3 is 0 Å². The Bertz CT molecular complexity index is 1350. The lowest BCUT2D eigenvalue weighted by molar-refractivity contribution is -0.132. The largest absolute Gasteiger partial charge is 0.497 e. The molecule has 2 aliphatic heterocycles. The fourth-order valence-electron chi connectivity index (χ4n) is 6.97. The number of rotatable bonds is 2. The molecular formula is C27H29N3O2. The second-order valence-electron chi connectivity index (χ2n) is 9.76. The van der Waals surface area contributed by atoms with Gasteiger partial charge in [-0.3, -0.25) is 4.90 Å². The third-order valence-corrected chi connectivity index (χ3v) is 8.53. The first-order valence-electron chi connectivity index (χ1n) is 11.8. The molecule has 0 radical (unpaired) electrons. The second-order valence-corrected chi connectivity index (χ2v) is 9.76. The number of H-pyrrole nitrogens is 2. The Hall–Kier alpha value is -2.76. The molecule has 3 aliphatic rings. The molecular weight excluding hydrogens is 398 g/mol. The van der Waals surface area contributed by atoms with Crippen LogP contribution in [0.25, 0.3) is 21.8 Å². The summed E-state index contributed by atoms with van der Waals surface area (Å²) < 4.78 is 11.9. The standard InChI is InChI=1S/C27H29N3O2/c1-31-16-7-8-22-19(13-16)20-15-27(32-2)11-9-24-26-18(17-5-3-4-6-21(17)29-26)10-12-30(24)25(27)14-23(20)28-22/h3-8,13,24-25,28-29H,9-12,14-15H2,1-2H3/t24-,25+,27+/m0/s1. The molecule has 1 fully saturated rings. The van der Waals surface area contributed by atoms with E-state index in [0.717, 1.165) is 44.4 Å². The number of ether oxygens (including phenoxy) is 2. The summed E-state index contributed by atoms with van der Waals surface area (Å²) in [6, 6.07) is 16.0. The highest BCUT2D eigenvalue weighted by molar-refractivity contribution is 5.87. The van der Waals surface area contributed by atoms with Crippen LogP contribution in [0.5, 0.6) is 5.75 Å². The SMILES string of the molecule is COc1ccc2[nH]c3c(c2c1)C[C@]1(OC)CC[C@H]2c4[nH]c5ccccc5c4CCN2[C@@H]1C3. The summed E-state index contributed by atoms with van der Waals surface area (Å²) >= 11 is 0. The van der Waals surface area contributed by atoms with Crippen molar-refractivity contribution in [1.29, 1.82) is 0 Å². The van der Waals surface area contributed by atoms with Crippen LogP contribution in [0.15, 0.2) is 42.5 Å². The zero-order chi connectivity index (χ0) is 21.4. The van der Waals surface area contributed by atoms with Crippen molar-refractivity contribution in [3.8, 4) is 5.75 Å². The maximum atomic E-state index is 6.41.